The fourth-order valence-corrected chi connectivity index (χ4v) is 3.37. The number of para-hydroxylation sites is 1. The van der Waals surface area contributed by atoms with Crippen LogP contribution in [0.25, 0.3) is 0 Å². The summed E-state index contributed by atoms with van der Waals surface area (Å²) in [5.74, 6) is -0.152. The molecule has 0 aliphatic carbocycles. The standard InChI is InChI=1S/C19H18Cl2N4O/c1-13(2)25(15-6-4-3-5-7-15)19(26)18(24-12-22-11-23-24)16-9-8-14(20)10-17(16)21/h3-13,18H,1-2H3. The molecule has 26 heavy (non-hydrogen) atoms. The Morgan fingerprint density at radius 2 is 1.85 bits per heavy atom. The van der Waals surface area contributed by atoms with E-state index in [2.05, 4.69) is 10.1 Å². The second kappa shape index (κ2) is 7.89. The minimum absolute atomic E-state index is 0.0537. The topological polar surface area (TPSA) is 51.0 Å². The minimum atomic E-state index is -0.745. The highest BCUT2D eigenvalue weighted by Gasteiger charge is 2.32. The van der Waals surface area contributed by atoms with E-state index in [1.54, 1.807) is 23.1 Å². The number of nitrogens with zero attached hydrogens (tertiary/aromatic N) is 4. The van der Waals surface area contributed by atoms with Gasteiger partial charge in [-0.05, 0) is 38.1 Å². The van der Waals surface area contributed by atoms with Gasteiger partial charge in [0.15, 0.2) is 6.04 Å². The van der Waals surface area contributed by atoms with Crippen molar-refractivity contribution in [3.05, 3.63) is 76.8 Å². The van der Waals surface area contributed by atoms with Gasteiger partial charge in [0, 0.05) is 27.3 Å². The number of anilines is 1. The summed E-state index contributed by atoms with van der Waals surface area (Å²) in [5, 5.41) is 5.09. The smallest absolute Gasteiger partial charge is 0.256 e. The Hall–Kier alpha value is -2.37. The molecule has 7 heteroatoms. The lowest BCUT2D eigenvalue weighted by Crippen LogP contribution is -2.42. The lowest BCUT2D eigenvalue weighted by Gasteiger charge is -2.31. The lowest BCUT2D eigenvalue weighted by atomic mass is 10.0. The average Bonchev–Trinajstić information content (AvgIpc) is 3.12. The Morgan fingerprint density at radius 3 is 2.42 bits per heavy atom. The van der Waals surface area contributed by atoms with E-state index >= 15 is 0 Å². The molecule has 1 atom stereocenters. The van der Waals surface area contributed by atoms with Gasteiger partial charge < -0.3 is 4.90 Å². The predicted octanol–water partition coefficient (Wildman–Crippen LogP) is 4.62. The van der Waals surface area contributed by atoms with Gasteiger partial charge in [0.25, 0.3) is 5.91 Å². The second-order valence-corrected chi connectivity index (χ2v) is 6.93. The zero-order valence-electron chi connectivity index (χ0n) is 14.4. The Bertz CT molecular complexity index is 882. The number of halogens is 2. The number of hydrogen-bond acceptors (Lipinski definition) is 3. The van der Waals surface area contributed by atoms with Crippen LogP contribution >= 0.6 is 23.2 Å². The third kappa shape index (κ3) is 3.74. The van der Waals surface area contributed by atoms with Gasteiger partial charge in [0.2, 0.25) is 0 Å². The summed E-state index contributed by atoms with van der Waals surface area (Å²) < 4.78 is 1.51. The van der Waals surface area contributed by atoms with Crippen LogP contribution in [0.4, 0.5) is 5.69 Å². The fourth-order valence-electron chi connectivity index (χ4n) is 2.86. The second-order valence-electron chi connectivity index (χ2n) is 6.08. The molecule has 3 rings (SSSR count). The summed E-state index contributed by atoms with van der Waals surface area (Å²) >= 11 is 12.4. The molecule has 0 N–H and O–H groups in total. The summed E-state index contributed by atoms with van der Waals surface area (Å²) in [4.78, 5) is 19.3. The maximum absolute atomic E-state index is 13.6. The summed E-state index contributed by atoms with van der Waals surface area (Å²) in [7, 11) is 0. The van der Waals surface area contributed by atoms with Crippen molar-refractivity contribution in [3.8, 4) is 0 Å². The van der Waals surface area contributed by atoms with Gasteiger partial charge in [0.1, 0.15) is 12.7 Å². The zero-order chi connectivity index (χ0) is 18.7. The third-order valence-corrected chi connectivity index (χ3v) is 4.54. The van der Waals surface area contributed by atoms with E-state index in [-0.39, 0.29) is 11.9 Å². The van der Waals surface area contributed by atoms with Crippen molar-refractivity contribution in [2.24, 2.45) is 0 Å². The largest absolute Gasteiger partial charge is 0.308 e. The normalized spacial score (nSPS) is 12.2. The maximum Gasteiger partial charge on any atom is 0.256 e. The molecular weight excluding hydrogens is 371 g/mol. The summed E-state index contributed by atoms with van der Waals surface area (Å²) in [5.41, 5.74) is 1.43. The van der Waals surface area contributed by atoms with Crippen molar-refractivity contribution in [2.45, 2.75) is 25.9 Å². The molecule has 0 bridgehead atoms. The molecule has 1 amide bonds. The predicted molar refractivity (Wildman–Crippen MR) is 104 cm³/mol. The molecule has 1 aromatic heterocycles. The highest BCUT2D eigenvalue weighted by Crippen LogP contribution is 2.31. The molecule has 0 radical (unpaired) electrons. The molecule has 134 valence electrons. The Morgan fingerprint density at radius 1 is 1.12 bits per heavy atom. The highest BCUT2D eigenvalue weighted by atomic mass is 35.5. The van der Waals surface area contributed by atoms with E-state index in [0.717, 1.165) is 5.69 Å². The highest BCUT2D eigenvalue weighted by molar-refractivity contribution is 6.35. The van der Waals surface area contributed by atoms with Gasteiger partial charge in [-0.15, -0.1) is 0 Å². The molecule has 0 aliphatic heterocycles. The molecular formula is C19H18Cl2N4O. The minimum Gasteiger partial charge on any atom is -0.308 e. The molecule has 3 aromatic rings. The molecule has 0 spiro atoms. The van der Waals surface area contributed by atoms with Crippen LogP contribution in [0.1, 0.15) is 25.5 Å². The lowest BCUT2D eigenvalue weighted by molar-refractivity contribution is -0.121. The monoisotopic (exact) mass is 388 g/mol. The molecule has 1 heterocycles. The number of amides is 1. The van der Waals surface area contributed by atoms with E-state index in [1.165, 1.54) is 17.3 Å². The van der Waals surface area contributed by atoms with Gasteiger partial charge in [-0.25, -0.2) is 9.67 Å². The van der Waals surface area contributed by atoms with Gasteiger partial charge in [0.05, 0.1) is 0 Å². The van der Waals surface area contributed by atoms with E-state index in [4.69, 9.17) is 23.2 Å². The Kier molecular flexibility index (Phi) is 5.59. The van der Waals surface area contributed by atoms with E-state index in [0.29, 0.717) is 15.6 Å². The van der Waals surface area contributed by atoms with Crippen LogP contribution in [0.5, 0.6) is 0 Å². The number of benzene rings is 2. The van der Waals surface area contributed by atoms with Crippen LogP contribution < -0.4 is 4.90 Å². The average molecular weight is 389 g/mol. The van der Waals surface area contributed by atoms with Crippen LogP contribution in [0.3, 0.4) is 0 Å². The first-order valence-electron chi connectivity index (χ1n) is 8.16. The van der Waals surface area contributed by atoms with Crippen molar-refractivity contribution in [2.75, 3.05) is 4.90 Å². The number of carbonyl (C=O) groups is 1. The SMILES string of the molecule is CC(C)N(C(=O)C(c1ccc(Cl)cc1Cl)n1cncn1)c1ccccc1. The first-order chi connectivity index (χ1) is 12.5. The number of rotatable bonds is 5. The van der Waals surface area contributed by atoms with Crippen molar-refractivity contribution in [1.82, 2.24) is 14.8 Å². The summed E-state index contributed by atoms with van der Waals surface area (Å²) in [6.45, 7) is 3.93. The number of hydrogen-bond donors (Lipinski definition) is 0. The fraction of sp³-hybridized carbons (Fsp3) is 0.211. The van der Waals surface area contributed by atoms with E-state index in [9.17, 15) is 4.79 Å². The quantitative estimate of drug-likeness (QED) is 0.640. The number of carbonyl (C=O) groups excluding carboxylic acids is 1. The van der Waals surface area contributed by atoms with E-state index in [1.807, 2.05) is 44.2 Å². The molecule has 0 saturated heterocycles. The van der Waals surface area contributed by atoms with Crippen LogP contribution in [0, 0.1) is 0 Å². The Labute approximate surface area is 162 Å². The molecule has 0 saturated carbocycles. The van der Waals surface area contributed by atoms with Crippen molar-refractivity contribution < 1.29 is 4.79 Å². The van der Waals surface area contributed by atoms with Gasteiger partial charge in [-0.3, -0.25) is 4.79 Å². The molecule has 1 unspecified atom stereocenters. The van der Waals surface area contributed by atoms with Crippen molar-refractivity contribution in [3.63, 3.8) is 0 Å². The molecule has 0 aliphatic rings. The van der Waals surface area contributed by atoms with E-state index < -0.39 is 6.04 Å². The van der Waals surface area contributed by atoms with Gasteiger partial charge in [-0.2, -0.15) is 5.10 Å². The number of aromatic nitrogens is 3. The van der Waals surface area contributed by atoms with Gasteiger partial charge in [-0.1, -0.05) is 47.5 Å². The van der Waals surface area contributed by atoms with Gasteiger partial charge >= 0.3 is 0 Å². The van der Waals surface area contributed by atoms with Crippen LogP contribution in [0.2, 0.25) is 10.0 Å². The van der Waals surface area contributed by atoms with Crippen LogP contribution in [-0.2, 0) is 4.79 Å². The zero-order valence-corrected chi connectivity index (χ0v) is 15.9. The molecule has 0 fully saturated rings. The third-order valence-electron chi connectivity index (χ3n) is 3.98. The Balaban J connectivity index is 2.10. The van der Waals surface area contributed by atoms with Crippen LogP contribution in [0.15, 0.2) is 61.2 Å². The molecule has 2 aromatic carbocycles. The first kappa shape index (κ1) is 18.4. The maximum atomic E-state index is 13.6. The molecule has 5 nitrogen and oxygen atoms in total. The summed E-state index contributed by atoms with van der Waals surface area (Å²) in [6, 6.07) is 13.8. The first-order valence-corrected chi connectivity index (χ1v) is 8.92. The van der Waals surface area contributed by atoms with Crippen molar-refractivity contribution in [1.29, 1.82) is 0 Å². The van der Waals surface area contributed by atoms with Crippen molar-refractivity contribution >= 4 is 34.8 Å². The van der Waals surface area contributed by atoms with Crippen LogP contribution in [-0.4, -0.2) is 26.7 Å². The summed E-state index contributed by atoms with van der Waals surface area (Å²) in [6.07, 6.45) is 2.91.